The third kappa shape index (κ3) is 5.92. The van der Waals surface area contributed by atoms with Gasteiger partial charge in [-0.2, -0.15) is 0 Å². The molecule has 1 fully saturated rings. The summed E-state index contributed by atoms with van der Waals surface area (Å²) in [5.74, 6) is 1.84. The number of nitrogens with one attached hydrogen (secondary N) is 1. The molecule has 3 aromatic rings. The molecule has 4 rings (SSSR count). The second kappa shape index (κ2) is 9.75. The molecule has 1 atom stereocenters. The second-order valence-electron chi connectivity index (χ2n) is 8.33. The van der Waals surface area contributed by atoms with Gasteiger partial charge in [-0.05, 0) is 79.9 Å². The van der Waals surface area contributed by atoms with Gasteiger partial charge < -0.3 is 10.1 Å². The third-order valence-corrected chi connectivity index (χ3v) is 5.55. The summed E-state index contributed by atoms with van der Waals surface area (Å²) in [5.41, 5.74) is 4.45. The average molecular weight is 416 g/mol. The van der Waals surface area contributed by atoms with Gasteiger partial charge in [0.2, 0.25) is 5.91 Å². The second-order valence-corrected chi connectivity index (χ2v) is 8.33. The first kappa shape index (κ1) is 21.1. The Hall–Kier alpha value is -3.18. The molecule has 160 valence electrons. The van der Waals surface area contributed by atoms with E-state index in [9.17, 15) is 4.79 Å². The Labute approximate surface area is 184 Å². The molecular weight excluding hydrogens is 386 g/mol. The van der Waals surface area contributed by atoms with Gasteiger partial charge in [0.25, 0.3) is 0 Å². The summed E-state index contributed by atoms with van der Waals surface area (Å²) < 4.78 is 6.09. The maximum Gasteiger partial charge on any atom is 0.224 e. The molecule has 0 bridgehead atoms. The lowest BCUT2D eigenvalue weighted by Crippen LogP contribution is -2.32. The fourth-order valence-electron chi connectivity index (χ4n) is 4.11. The Balaban J connectivity index is 1.30. The maximum atomic E-state index is 12.5. The Kier molecular flexibility index (Phi) is 6.63. The number of hydrogen-bond acceptors (Lipinski definition) is 4. The predicted octanol–water partition coefficient (Wildman–Crippen LogP) is 4.63. The lowest BCUT2D eigenvalue weighted by atomic mass is 10.1. The van der Waals surface area contributed by atoms with E-state index in [1.165, 1.54) is 16.7 Å². The molecule has 0 radical (unpaired) electrons. The van der Waals surface area contributed by atoms with E-state index in [-0.39, 0.29) is 11.8 Å². The zero-order chi connectivity index (χ0) is 21.6. The van der Waals surface area contributed by atoms with Gasteiger partial charge in [0, 0.05) is 19.3 Å². The predicted molar refractivity (Wildman–Crippen MR) is 122 cm³/mol. The molecular formula is C26H29N3O2. The van der Waals surface area contributed by atoms with Crippen molar-refractivity contribution in [3.63, 3.8) is 0 Å². The van der Waals surface area contributed by atoms with Gasteiger partial charge in [-0.3, -0.25) is 14.7 Å². The van der Waals surface area contributed by atoms with E-state index < -0.39 is 0 Å². The summed E-state index contributed by atoms with van der Waals surface area (Å²) in [5, 5.41) is 3.02. The smallest absolute Gasteiger partial charge is 0.224 e. The van der Waals surface area contributed by atoms with Gasteiger partial charge in [-0.15, -0.1) is 0 Å². The minimum absolute atomic E-state index is 0.0263. The molecule has 1 aliphatic rings. The van der Waals surface area contributed by atoms with E-state index >= 15 is 0 Å². The number of carbonyl (C=O) groups excluding carboxylic acids is 1. The fourth-order valence-corrected chi connectivity index (χ4v) is 4.11. The molecule has 1 aromatic heterocycles. The van der Waals surface area contributed by atoms with E-state index in [0.717, 1.165) is 43.2 Å². The van der Waals surface area contributed by atoms with Crippen LogP contribution >= 0.6 is 0 Å². The molecule has 1 aliphatic heterocycles. The molecule has 1 amide bonds. The first-order valence-electron chi connectivity index (χ1n) is 10.8. The molecule has 31 heavy (non-hydrogen) atoms. The quantitative estimate of drug-likeness (QED) is 0.611. The van der Waals surface area contributed by atoms with Crippen LogP contribution in [0.2, 0.25) is 0 Å². The van der Waals surface area contributed by atoms with Crippen molar-refractivity contribution in [1.82, 2.24) is 15.2 Å². The van der Waals surface area contributed by atoms with Crippen LogP contribution in [0.4, 0.5) is 0 Å². The van der Waals surface area contributed by atoms with Crippen molar-refractivity contribution >= 4 is 5.91 Å². The largest absolute Gasteiger partial charge is 0.457 e. The van der Waals surface area contributed by atoms with Crippen molar-refractivity contribution in [3.05, 3.63) is 89.2 Å². The number of likely N-dealkylation sites (tertiary alicyclic amines) is 1. The molecule has 1 saturated heterocycles. The number of carbonyl (C=O) groups is 1. The number of amides is 1. The Morgan fingerprint density at radius 1 is 1.06 bits per heavy atom. The topological polar surface area (TPSA) is 54.5 Å². The van der Waals surface area contributed by atoms with Crippen LogP contribution < -0.4 is 10.1 Å². The number of aryl methyl sites for hydroxylation is 2. The molecule has 2 aromatic carbocycles. The van der Waals surface area contributed by atoms with Crippen molar-refractivity contribution in [2.24, 2.45) is 5.92 Å². The number of nitrogens with zero attached hydrogens (tertiary/aromatic N) is 2. The van der Waals surface area contributed by atoms with Crippen LogP contribution in [0, 0.1) is 19.8 Å². The van der Waals surface area contributed by atoms with E-state index in [0.29, 0.717) is 6.54 Å². The summed E-state index contributed by atoms with van der Waals surface area (Å²) >= 11 is 0. The Bertz CT molecular complexity index is 1020. The molecule has 1 N–H and O–H groups in total. The first-order valence-corrected chi connectivity index (χ1v) is 10.8. The third-order valence-electron chi connectivity index (χ3n) is 5.55. The van der Waals surface area contributed by atoms with Gasteiger partial charge in [0.15, 0.2) is 0 Å². The van der Waals surface area contributed by atoms with Crippen LogP contribution in [0.25, 0.3) is 0 Å². The monoisotopic (exact) mass is 415 g/mol. The van der Waals surface area contributed by atoms with Crippen LogP contribution in [0.1, 0.15) is 28.8 Å². The number of hydrogen-bond donors (Lipinski definition) is 1. The number of rotatable bonds is 7. The van der Waals surface area contributed by atoms with E-state index in [2.05, 4.69) is 47.2 Å². The average Bonchev–Trinajstić information content (AvgIpc) is 3.21. The lowest BCUT2D eigenvalue weighted by molar-refractivity contribution is -0.124. The summed E-state index contributed by atoms with van der Waals surface area (Å²) in [6, 6.07) is 20.2. The number of aromatic nitrogens is 1. The summed E-state index contributed by atoms with van der Waals surface area (Å²) in [6.07, 6.45) is 2.63. The fraction of sp³-hybridized carbons (Fsp3) is 0.308. The molecule has 5 heteroatoms. The number of ether oxygens (including phenoxy) is 1. The maximum absolute atomic E-state index is 12.5. The van der Waals surface area contributed by atoms with Crippen LogP contribution in [0.3, 0.4) is 0 Å². The van der Waals surface area contributed by atoms with Crippen molar-refractivity contribution < 1.29 is 9.53 Å². The van der Waals surface area contributed by atoms with Gasteiger partial charge in [0.05, 0.1) is 18.2 Å². The zero-order valence-corrected chi connectivity index (χ0v) is 18.2. The van der Waals surface area contributed by atoms with Gasteiger partial charge in [-0.25, -0.2) is 0 Å². The van der Waals surface area contributed by atoms with Gasteiger partial charge in [0.1, 0.15) is 11.5 Å². The lowest BCUT2D eigenvalue weighted by Gasteiger charge is -2.17. The molecule has 5 nitrogen and oxygen atoms in total. The van der Waals surface area contributed by atoms with Crippen LogP contribution in [0.15, 0.2) is 66.9 Å². The minimum Gasteiger partial charge on any atom is -0.457 e. The van der Waals surface area contributed by atoms with Gasteiger partial charge in [-0.1, -0.05) is 24.3 Å². The number of benzene rings is 2. The van der Waals surface area contributed by atoms with E-state index in [1.54, 1.807) is 6.20 Å². The van der Waals surface area contributed by atoms with Crippen LogP contribution in [-0.2, 0) is 17.9 Å². The highest BCUT2D eigenvalue weighted by molar-refractivity contribution is 5.79. The summed E-state index contributed by atoms with van der Waals surface area (Å²) in [6.45, 7) is 7.14. The normalized spacial score (nSPS) is 16.3. The summed E-state index contributed by atoms with van der Waals surface area (Å²) in [4.78, 5) is 19.1. The number of pyridine rings is 1. The van der Waals surface area contributed by atoms with Crippen molar-refractivity contribution in [1.29, 1.82) is 0 Å². The first-order chi connectivity index (χ1) is 15.0. The minimum atomic E-state index is 0.0263. The standard InChI is InChI=1S/C26H29N3O2/c1-19-12-20(2)14-25(13-19)31-24-8-5-6-21(15-24)17-29-11-9-22(18-29)26(30)28-16-23-7-3-4-10-27-23/h3-8,10,12-15,22H,9,11,16-18H2,1-2H3,(H,28,30). The highest BCUT2D eigenvalue weighted by atomic mass is 16.5. The SMILES string of the molecule is Cc1cc(C)cc(Oc2cccc(CN3CCC(C(=O)NCc4ccccn4)C3)c2)c1. The molecule has 0 spiro atoms. The van der Waals surface area contributed by atoms with Crippen molar-refractivity contribution in [2.45, 2.75) is 33.4 Å². The molecule has 0 saturated carbocycles. The van der Waals surface area contributed by atoms with E-state index in [1.807, 2.05) is 42.5 Å². The van der Waals surface area contributed by atoms with Crippen molar-refractivity contribution in [2.75, 3.05) is 13.1 Å². The van der Waals surface area contributed by atoms with Crippen LogP contribution in [0.5, 0.6) is 11.5 Å². The van der Waals surface area contributed by atoms with Gasteiger partial charge >= 0.3 is 0 Å². The van der Waals surface area contributed by atoms with E-state index in [4.69, 9.17) is 4.74 Å². The highest BCUT2D eigenvalue weighted by Gasteiger charge is 2.28. The molecule has 0 aliphatic carbocycles. The highest BCUT2D eigenvalue weighted by Crippen LogP contribution is 2.26. The summed E-state index contributed by atoms with van der Waals surface area (Å²) in [7, 11) is 0. The Morgan fingerprint density at radius 3 is 2.68 bits per heavy atom. The zero-order valence-electron chi connectivity index (χ0n) is 18.2. The molecule has 2 heterocycles. The molecule has 1 unspecified atom stereocenters. The Morgan fingerprint density at radius 2 is 1.90 bits per heavy atom. The van der Waals surface area contributed by atoms with Crippen LogP contribution in [-0.4, -0.2) is 28.9 Å². The van der Waals surface area contributed by atoms with Crippen molar-refractivity contribution in [3.8, 4) is 11.5 Å².